The monoisotopic (exact) mass is 358 g/mol. The predicted octanol–water partition coefficient (Wildman–Crippen LogP) is 3.01. The minimum Gasteiger partial charge on any atom is -0.346 e. The topological polar surface area (TPSA) is 76.0 Å². The summed E-state index contributed by atoms with van der Waals surface area (Å²) in [6, 6.07) is 7.81. The number of aromatic nitrogens is 2. The van der Waals surface area contributed by atoms with Gasteiger partial charge in [-0.1, -0.05) is 37.5 Å². The molecule has 6 nitrogen and oxygen atoms in total. The van der Waals surface area contributed by atoms with Crippen molar-refractivity contribution < 1.29 is 14.0 Å². The van der Waals surface area contributed by atoms with Crippen LogP contribution in [0.4, 0.5) is 10.2 Å². The van der Waals surface area contributed by atoms with E-state index in [4.69, 9.17) is 0 Å². The van der Waals surface area contributed by atoms with Crippen LogP contribution in [0.3, 0.4) is 0 Å². The van der Waals surface area contributed by atoms with Gasteiger partial charge in [-0.05, 0) is 18.9 Å². The summed E-state index contributed by atoms with van der Waals surface area (Å²) in [7, 11) is 1.67. The summed E-state index contributed by atoms with van der Waals surface area (Å²) in [6.07, 6.45) is 5.14. The lowest BCUT2D eigenvalue weighted by molar-refractivity contribution is -0.120. The van der Waals surface area contributed by atoms with Crippen LogP contribution in [0.2, 0.25) is 0 Å². The minimum atomic E-state index is -0.415. The molecule has 2 N–H and O–H groups in total. The maximum absolute atomic E-state index is 13.6. The first-order valence-corrected chi connectivity index (χ1v) is 8.91. The fraction of sp³-hybridized carbons (Fsp3) is 0.421. The van der Waals surface area contributed by atoms with Gasteiger partial charge in [-0.25, -0.2) is 4.39 Å². The molecule has 0 atom stereocenters. The van der Waals surface area contributed by atoms with Gasteiger partial charge in [0.05, 0.1) is 0 Å². The van der Waals surface area contributed by atoms with E-state index in [0.29, 0.717) is 11.4 Å². The number of hydrogen-bond donors (Lipinski definition) is 2. The third-order valence-electron chi connectivity index (χ3n) is 4.74. The molecule has 3 rings (SSSR count). The zero-order valence-electron chi connectivity index (χ0n) is 14.8. The number of carbonyl (C=O) groups is 2. The Hall–Kier alpha value is -2.70. The molecule has 1 heterocycles. The van der Waals surface area contributed by atoms with Crippen molar-refractivity contribution in [2.75, 3.05) is 5.32 Å². The summed E-state index contributed by atoms with van der Waals surface area (Å²) in [5, 5.41) is 9.65. The summed E-state index contributed by atoms with van der Waals surface area (Å²) in [6.45, 7) is 0.0752. The molecule has 1 saturated carbocycles. The molecule has 0 aliphatic heterocycles. The summed E-state index contributed by atoms with van der Waals surface area (Å²) in [5.41, 5.74) is 0.588. The normalized spacial score (nSPS) is 14.8. The Morgan fingerprint density at radius 3 is 2.69 bits per heavy atom. The van der Waals surface area contributed by atoms with Crippen molar-refractivity contribution in [1.29, 1.82) is 0 Å². The lowest BCUT2D eigenvalue weighted by Crippen LogP contribution is -2.25. The molecule has 138 valence electrons. The Balaban J connectivity index is 1.60. The Bertz CT molecular complexity index is 797. The largest absolute Gasteiger partial charge is 0.346 e. The summed E-state index contributed by atoms with van der Waals surface area (Å²) in [4.78, 5) is 24.6. The van der Waals surface area contributed by atoms with Gasteiger partial charge in [0.25, 0.3) is 5.91 Å². The second-order valence-corrected chi connectivity index (χ2v) is 6.64. The van der Waals surface area contributed by atoms with Crippen LogP contribution in [0.1, 0.15) is 48.2 Å². The van der Waals surface area contributed by atoms with Crippen LogP contribution in [0, 0.1) is 11.7 Å². The van der Waals surface area contributed by atoms with Crippen LogP contribution in [0.15, 0.2) is 30.3 Å². The van der Waals surface area contributed by atoms with E-state index in [1.807, 2.05) is 0 Å². The van der Waals surface area contributed by atoms with Crippen molar-refractivity contribution in [3.8, 4) is 0 Å². The Morgan fingerprint density at radius 2 is 1.96 bits per heavy atom. The van der Waals surface area contributed by atoms with E-state index in [2.05, 4.69) is 15.7 Å². The van der Waals surface area contributed by atoms with Crippen molar-refractivity contribution in [2.45, 2.75) is 38.6 Å². The number of carbonyl (C=O) groups excluding carboxylic acids is 2. The number of aryl methyl sites for hydroxylation is 1. The predicted molar refractivity (Wildman–Crippen MR) is 96.0 cm³/mol. The number of nitrogens with one attached hydrogen (secondary N) is 2. The molecule has 1 aromatic carbocycles. The first-order valence-electron chi connectivity index (χ1n) is 8.91. The zero-order chi connectivity index (χ0) is 18.5. The highest BCUT2D eigenvalue weighted by molar-refractivity contribution is 5.96. The molecular weight excluding hydrogens is 335 g/mol. The van der Waals surface area contributed by atoms with Crippen molar-refractivity contribution in [1.82, 2.24) is 15.1 Å². The van der Waals surface area contributed by atoms with E-state index in [0.717, 1.165) is 25.7 Å². The molecule has 7 heteroatoms. The fourth-order valence-electron chi connectivity index (χ4n) is 3.20. The molecule has 1 aliphatic rings. The summed E-state index contributed by atoms with van der Waals surface area (Å²) < 4.78 is 15.1. The van der Waals surface area contributed by atoms with E-state index < -0.39 is 5.91 Å². The Labute approximate surface area is 151 Å². The molecular formula is C19H23FN4O2. The zero-order valence-corrected chi connectivity index (χ0v) is 14.8. The van der Waals surface area contributed by atoms with Gasteiger partial charge in [0.1, 0.15) is 11.6 Å². The van der Waals surface area contributed by atoms with Crippen molar-refractivity contribution >= 4 is 17.6 Å². The van der Waals surface area contributed by atoms with Gasteiger partial charge in [-0.3, -0.25) is 14.3 Å². The second kappa shape index (κ2) is 8.12. The highest BCUT2D eigenvalue weighted by atomic mass is 19.1. The highest BCUT2D eigenvalue weighted by Crippen LogP contribution is 2.25. The highest BCUT2D eigenvalue weighted by Gasteiger charge is 2.22. The molecule has 0 bridgehead atoms. The number of benzene rings is 1. The van der Waals surface area contributed by atoms with Crippen LogP contribution in [-0.4, -0.2) is 21.6 Å². The van der Waals surface area contributed by atoms with Crippen LogP contribution < -0.4 is 10.6 Å². The van der Waals surface area contributed by atoms with Gasteiger partial charge in [-0.2, -0.15) is 5.10 Å². The molecule has 0 spiro atoms. The van der Waals surface area contributed by atoms with Crippen LogP contribution in [-0.2, 0) is 18.4 Å². The number of amides is 2. The van der Waals surface area contributed by atoms with Gasteiger partial charge >= 0.3 is 0 Å². The van der Waals surface area contributed by atoms with Crippen LogP contribution in [0.5, 0.6) is 0 Å². The van der Waals surface area contributed by atoms with Gasteiger partial charge in [0, 0.05) is 31.1 Å². The molecule has 0 radical (unpaired) electrons. The van der Waals surface area contributed by atoms with Crippen LogP contribution >= 0.6 is 0 Å². The summed E-state index contributed by atoms with van der Waals surface area (Å²) >= 11 is 0. The molecule has 26 heavy (non-hydrogen) atoms. The lowest BCUT2D eigenvalue weighted by atomic mass is 9.89. The van der Waals surface area contributed by atoms with E-state index in [-0.39, 0.29) is 29.9 Å². The number of halogens is 1. The average Bonchev–Trinajstić information content (AvgIpc) is 3.02. The third-order valence-corrected chi connectivity index (χ3v) is 4.74. The quantitative estimate of drug-likeness (QED) is 0.863. The fourth-order valence-corrected chi connectivity index (χ4v) is 3.20. The number of hydrogen-bond acceptors (Lipinski definition) is 3. The molecule has 2 amide bonds. The molecule has 1 aliphatic carbocycles. The SMILES string of the molecule is Cn1nc(C(=O)NCc2ccccc2F)cc1NC(=O)C1CCCCC1. The van der Waals surface area contributed by atoms with Crippen molar-refractivity contribution in [2.24, 2.45) is 13.0 Å². The minimum absolute atomic E-state index is 0.0222. The number of rotatable bonds is 5. The van der Waals surface area contributed by atoms with Crippen LogP contribution in [0.25, 0.3) is 0 Å². The smallest absolute Gasteiger partial charge is 0.272 e. The standard InChI is InChI=1S/C19H23FN4O2/c1-24-17(22-18(25)13-7-3-2-4-8-13)11-16(23-24)19(26)21-12-14-9-5-6-10-15(14)20/h5-6,9-11,13H,2-4,7-8,12H2,1H3,(H,21,26)(H,22,25). The molecule has 0 unspecified atom stereocenters. The van der Waals surface area contributed by atoms with Gasteiger partial charge in [0.2, 0.25) is 5.91 Å². The number of nitrogens with zero attached hydrogens (tertiary/aromatic N) is 2. The molecule has 0 saturated heterocycles. The molecule has 1 fully saturated rings. The lowest BCUT2D eigenvalue weighted by Gasteiger charge is -2.20. The van der Waals surface area contributed by atoms with Gasteiger partial charge < -0.3 is 10.6 Å². The Morgan fingerprint density at radius 1 is 1.23 bits per heavy atom. The Kier molecular flexibility index (Phi) is 5.65. The van der Waals surface area contributed by atoms with E-state index in [1.54, 1.807) is 25.2 Å². The van der Waals surface area contributed by atoms with E-state index in [1.165, 1.54) is 23.2 Å². The maximum Gasteiger partial charge on any atom is 0.272 e. The molecule has 2 aromatic rings. The van der Waals surface area contributed by atoms with E-state index in [9.17, 15) is 14.0 Å². The summed E-state index contributed by atoms with van der Waals surface area (Å²) in [5.74, 6) is -0.295. The third kappa shape index (κ3) is 4.28. The van der Waals surface area contributed by atoms with Gasteiger partial charge in [-0.15, -0.1) is 0 Å². The van der Waals surface area contributed by atoms with Gasteiger partial charge in [0.15, 0.2) is 5.69 Å². The van der Waals surface area contributed by atoms with Crippen molar-refractivity contribution in [3.63, 3.8) is 0 Å². The van der Waals surface area contributed by atoms with E-state index >= 15 is 0 Å². The molecule has 1 aromatic heterocycles. The second-order valence-electron chi connectivity index (χ2n) is 6.64. The van der Waals surface area contributed by atoms with Crippen molar-refractivity contribution in [3.05, 3.63) is 47.4 Å². The average molecular weight is 358 g/mol. The first kappa shape index (κ1) is 18.1. The first-order chi connectivity index (χ1) is 12.5. The maximum atomic E-state index is 13.6. The number of anilines is 1.